The van der Waals surface area contributed by atoms with E-state index in [0.717, 1.165) is 31.2 Å². The van der Waals surface area contributed by atoms with Crippen LogP contribution in [0.3, 0.4) is 0 Å². The first-order valence-corrected chi connectivity index (χ1v) is 6.55. The highest BCUT2D eigenvalue weighted by Crippen LogP contribution is 2.36. The number of rotatable bonds is 3. The molecule has 2 rings (SSSR count). The molecule has 1 fully saturated rings. The molecular formula is C14H17N3O2. The summed E-state index contributed by atoms with van der Waals surface area (Å²) in [4.78, 5) is 16.0. The number of anilines is 1. The second-order valence-electron chi connectivity index (χ2n) is 4.67. The fourth-order valence-electron chi connectivity index (χ4n) is 2.54. The van der Waals surface area contributed by atoms with E-state index in [1.54, 1.807) is 13.0 Å². The van der Waals surface area contributed by atoms with Crippen LogP contribution in [-0.4, -0.2) is 17.6 Å². The second-order valence-corrected chi connectivity index (χ2v) is 4.67. The number of nitrogen functional groups attached to an aromatic ring is 1. The molecule has 19 heavy (non-hydrogen) atoms. The van der Waals surface area contributed by atoms with E-state index in [-0.39, 0.29) is 17.4 Å². The van der Waals surface area contributed by atoms with Crippen LogP contribution in [0.1, 0.15) is 60.1 Å². The lowest BCUT2D eigenvalue weighted by molar-refractivity contribution is 0.0517. The number of ether oxygens (including phenoxy) is 1. The predicted octanol–water partition coefficient (Wildman–Crippen LogP) is 2.37. The van der Waals surface area contributed by atoms with Crippen molar-refractivity contribution >= 4 is 11.8 Å². The van der Waals surface area contributed by atoms with Crippen LogP contribution in [0.5, 0.6) is 0 Å². The Balaban J connectivity index is 2.47. The van der Waals surface area contributed by atoms with Gasteiger partial charge in [-0.25, -0.2) is 9.78 Å². The van der Waals surface area contributed by atoms with Crippen LogP contribution in [0, 0.1) is 11.3 Å². The lowest BCUT2D eigenvalue weighted by atomic mass is 9.94. The Bertz CT molecular complexity index is 528. The summed E-state index contributed by atoms with van der Waals surface area (Å²) in [5.74, 6) is -0.0903. The molecule has 0 atom stereocenters. The minimum Gasteiger partial charge on any atom is -0.461 e. The lowest BCUT2D eigenvalue weighted by Crippen LogP contribution is -2.14. The summed E-state index contributed by atoms with van der Waals surface area (Å²) in [5, 5.41) is 9.03. The number of esters is 1. The zero-order valence-electron chi connectivity index (χ0n) is 11.0. The summed E-state index contributed by atoms with van der Waals surface area (Å²) < 4.78 is 5.02. The number of pyridine rings is 1. The van der Waals surface area contributed by atoms with E-state index in [4.69, 9.17) is 15.7 Å². The number of nitrogens with zero attached hydrogens (tertiary/aromatic N) is 2. The average molecular weight is 259 g/mol. The van der Waals surface area contributed by atoms with Gasteiger partial charge in [0.05, 0.1) is 12.2 Å². The Labute approximate surface area is 112 Å². The number of hydrogen-bond donors (Lipinski definition) is 1. The van der Waals surface area contributed by atoms with Gasteiger partial charge in [0.1, 0.15) is 11.9 Å². The highest BCUT2D eigenvalue weighted by molar-refractivity contribution is 5.90. The molecule has 5 heteroatoms. The van der Waals surface area contributed by atoms with Gasteiger partial charge in [0, 0.05) is 0 Å². The molecule has 0 aliphatic heterocycles. The third kappa shape index (κ3) is 2.68. The van der Waals surface area contributed by atoms with Crippen molar-refractivity contribution in [3.05, 3.63) is 22.9 Å². The van der Waals surface area contributed by atoms with E-state index in [2.05, 4.69) is 4.98 Å². The van der Waals surface area contributed by atoms with Gasteiger partial charge in [0.15, 0.2) is 5.69 Å². The molecule has 1 aliphatic rings. The maximum Gasteiger partial charge on any atom is 0.357 e. The number of carbonyl (C=O) groups excluding carboxylic acids is 1. The SMILES string of the molecule is CCOC(=O)c1nc(N)c(C#N)cc1C1CCCC1. The minimum atomic E-state index is -0.458. The summed E-state index contributed by atoms with van der Waals surface area (Å²) >= 11 is 0. The molecule has 5 nitrogen and oxygen atoms in total. The van der Waals surface area contributed by atoms with Gasteiger partial charge in [-0.3, -0.25) is 0 Å². The van der Waals surface area contributed by atoms with Crippen molar-refractivity contribution in [2.45, 2.75) is 38.5 Å². The van der Waals surface area contributed by atoms with Crippen molar-refractivity contribution in [2.24, 2.45) is 0 Å². The van der Waals surface area contributed by atoms with Crippen LogP contribution in [-0.2, 0) is 4.74 Å². The molecule has 0 aromatic carbocycles. The average Bonchev–Trinajstić information content (AvgIpc) is 2.92. The van der Waals surface area contributed by atoms with Crippen LogP contribution in [0.15, 0.2) is 6.07 Å². The Morgan fingerprint density at radius 2 is 2.26 bits per heavy atom. The third-order valence-electron chi connectivity index (χ3n) is 3.47. The summed E-state index contributed by atoms with van der Waals surface area (Å²) in [6, 6.07) is 3.72. The molecule has 2 N–H and O–H groups in total. The zero-order chi connectivity index (χ0) is 13.8. The van der Waals surface area contributed by atoms with Crippen molar-refractivity contribution in [1.29, 1.82) is 5.26 Å². The number of aromatic nitrogens is 1. The van der Waals surface area contributed by atoms with E-state index in [9.17, 15) is 4.79 Å². The highest BCUT2D eigenvalue weighted by Gasteiger charge is 2.26. The van der Waals surface area contributed by atoms with Gasteiger partial charge in [-0.1, -0.05) is 12.8 Å². The topological polar surface area (TPSA) is 89.0 Å². The molecule has 1 aliphatic carbocycles. The van der Waals surface area contributed by atoms with E-state index in [0.29, 0.717) is 12.2 Å². The molecule has 1 aromatic heterocycles. The van der Waals surface area contributed by atoms with Gasteiger partial charge >= 0.3 is 5.97 Å². The summed E-state index contributed by atoms with van der Waals surface area (Å²) in [7, 11) is 0. The summed E-state index contributed by atoms with van der Waals surface area (Å²) in [6.45, 7) is 2.05. The lowest BCUT2D eigenvalue weighted by Gasteiger charge is -2.15. The number of hydrogen-bond acceptors (Lipinski definition) is 5. The number of carbonyl (C=O) groups is 1. The zero-order valence-corrected chi connectivity index (χ0v) is 11.0. The van der Waals surface area contributed by atoms with E-state index in [1.807, 2.05) is 6.07 Å². The standard InChI is InChI=1S/C14H17N3O2/c1-2-19-14(18)12-11(9-5-3-4-6-9)7-10(8-15)13(16)17-12/h7,9H,2-6H2,1H3,(H2,16,17). The Morgan fingerprint density at radius 1 is 1.58 bits per heavy atom. The van der Waals surface area contributed by atoms with Gasteiger partial charge in [-0.2, -0.15) is 5.26 Å². The fourth-order valence-corrected chi connectivity index (χ4v) is 2.54. The van der Waals surface area contributed by atoms with Crippen LogP contribution in [0.25, 0.3) is 0 Å². The van der Waals surface area contributed by atoms with E-state index >= 15 is 0 Å². The molecule has 0 saturated heterocycles. The third-order valence-corrected chi connectivity index (χ3v) is 3.47. The van der Waals surface area contributed by atoms with Crippen LogP contribution >= 0.6 is 0 Å². The van der Waals surface area contributed by atoms with Crippen molar-refractivity contribution in [3.8, 4) is 6.07 Å². The predicted molar refractivity (Wildman–Crippen MR) is 70.5 cm³/mol. The molecule has 0 unspecified atom stereocenters. The smallest absolute Gasteiger partial charge is 0.357 e. The monoisotopic (exact) mass is 259 g/mol. The van der Waals surface area contributed by atoms with Crippen molar-refractivity contribution < 1.29 is 9.53 Å². The molecule has 1 aromatic rings. The van der Waals surface area contributed by atoms with Gasteiger partial charge in [-0.05, 0) is 37.3 Å². The van der Waals surface area contributed by atoms with E-state index in [1.165, 1.54) is 0 Å². The molecule has 0 spiro atoms. The number of nitrogens with two attached hydrogens (primary N) is 1. The largest absolute Gasteiger partial charge is 0.461 e. The first-order chi connectivity index (χ1) is 9.17. The molecule has 1 saturated carbocycles. The normalized spacial score (nSPS) is 15.2. The van der Waals surface area contributed by atoms with Crippen LogP contribution < -0.4 is 5.73 Å². The van der Waals surface area contributed by atoms with E-state index < -0.39 is 5.97 Å². The van der Waals surface area contributed by atoms with Crippen LogP contribution in [0.2, 0.25) is 0 Å². The molecule has 0 bridgehead atoms. The first kappa shape index (κ1) is 13.3. The second kappa shape index (κ2) is 5.70. The number of nitriles is 1. The summed E-state index contributed by atoms with van der Waals surface area (Å²) in [6.07, 6.45) is 4.31. The maximum atomic E-state index is 12.0. The molecule has 100 valence electrons. The Morgan fingerprint density at radius 3 is 2.84 bits per heavy atom. The summed E-state index contributed by atoms with van der Waals surface area (Å²) in [5.41, 5.74) is 7.10. The van der Waals surface area contributed by atoms with Crippen molar-refractivity contribution in [1.82, 2.24) is 4.98 Å². The fraction of sp³-hybridized carbons (Fsp3) is 0.500. The Kier molecular flexibility index (Phi) is 4.00. The van der Waals surface area contributed by atoms with Gasteiger partial charge in [0.25, 0.3) is 0 Å². The van der Waals surface area contributed by atoms with Crippen LogP contribution in [0.4, 0.5) is 5.82 Å². The molecule has 1 heterocycles. The highest BCUT2D eigenvalue weighted by atomic mass is 16.5. The van der Waals surface area contributed by atoms with Gasteiger partial charge < -0.3 is 10.5 Å². The van der Waals surface area contributed by atoms with Crippen molar-refractivity contribution in [3.63, 3.8) is 0 Å². The maximum absolute atomic E-state index is 12.0. The Hall–Kier alpha value is -2.09. The minimum absolute atomic E-state index is 0.0901. The molecular weight excluding hydrogens is 242 g/mol. The molecule has 0 amide bonds. The first-order valence-electron chi connectivity index (χ1n) is 6.55. The van der Waals surface area contributed by atoms with Crippen molar-refractivity contribution in [2.75, 3.05) is 12.3 Å². The molecule has 0 radical (unpaired) electrons. The quantitative estimate of drug-likeness (QED) is 0.842. The van der Waals surface area contributed by atoms with Gasteiger partial charge in [-0.15, -0.1) is 0 Å². The van der Waals surface area contributed by atoms with Gasteiger partial charge in [0.2, 0.25) is 0 Å².